The molecule has 2 aliphatic rings. The maximum atomic E-state index is 16.0. The van der Waals surface area contributed by atoms with Crippen molar-refractivity contribution in [2.45, 2.75) is 50.6 Å². The number of amides is 2. The second-order valence-corrected chi connectivity index (χ2v) is 14.5. The monoisotopic (exact) mass is 707 g/mol. The Morgan fingerprint density at radius 2 is 1.71 bits per heavy atom. The van der Waals surface area contributed by atoms with Gasteiger partial charge in [0, 0.05) is 76.0 Å². The molecule has 2 aliphatic heterocycles. The summed E-state index contributed by atoms with van der Waals surface area (Å²) in [7, 11) is 3.16. The minimum Gasteiger partial charge on any atom is -0.383 e. The van der Waals surface area contributed by atoms with Crippen molar-refractivity contribution in [1.82, 2.24) is 20.0 Å². The van der Waals surface area contributed by atoms with E-state index in [-0.39, 0.29) is 44.9 Å². The highest BCUT2D eigenvalue weighted by molar-refractivity contribution is 6.31. The number of nitrogens with zero attached hydrogens (tertiary/aromatic N) is 4. The van der Waals surface area contributed by atoms with Gasteiger partial charge in [-0.25, -0.2) is 8.78 Å². The number of nitriles is 1. The lowest BCUT2D eigenvalue weighted by Crippen LogP contribution is -2.56. The third kappa shape index (κ3) is 8.29. The number of carbonyl (C=O) groups is 2. The predicted octanol–water partition coefficient (Wildman–Crippen LogP) is 4.86. The van der Waals surface area contributed by atoms with Crippen LogP contribution < -0.4 is 5.32 Å². The Hall–Kier alpha value is -2.85. The summed E-state index contributed by atoms with van der Waals surface area (Å²) in [6.07, 6.45) is 0.379. The van der Waals surface area contributed by atoms with Gasteiger partial charge in [0.15, 0.2) is 0 Å². The number of methoxy groups -OCH3 is 2. The van der Waals surface area contributed by atoms with Crippen LogP contribution >= 0.6 is 23.2 Å². The molecule has 4 atom stereocenters. The maximum absolute atomic E-state index is 16.0. The number of nitrogens with one attached hydrogen (secondary N) is 1. The van der Waals surface area contributed by atoms with E-state index in [0.29, 0.717) is 58.9 Å². The Kier molecular flexibility index (Phi) is 12.8. The van der Waals surface area contributed by atoms with Crippen LogP contribution in [-0.2, 0) is 24.5 Å². The van der Waals surface area contributed by atoms with E-state index >= 15 is 8.78 Å². The van der Waals surface area contributed by atoms with Gasteiger partial charge >= 0.3 is 0 Å². The number of hydrogen-bond acceptors (Lipinski definition) is 7. The average molecular weight is 709 g/mol. The number of benzene rings is 2. The molecule has 0 radical (unpaired) electrons. The first-order valence-electron chi connectivity index (χ1n) is 16.1. The zero-order chi connectivity index (χ0) is 35.2. The molecule has 48 heavy (non-hydrogen) atoms. The van der Waals surface area contributed by atoms with Gasteiger partial charge in [0.25, 0.3) is 0 Å². The van der Waals surface area contributed by atoms with E-state index < -0.39 is 35.1 Å². The summed E-state index contributed by atoms with van der Waals surface area (Å²) in [6.45, 7) is 9.33. The normalized spacial score (nSPS) is 23.2. The van der Waals surface area contributed by atoms with Gasteiger partial charge in [-0.2, -0.15) is 5.26 Å². The molecule has 4 rings (SSSR count). The Morgan fingerprint density at radius 1 is 1.06 bits per heavy atom. The number of ether oxygens (including phenoxy) is 2. The van der Waals surface area contributed by atoms with Gasteiger partial charge in [0.1, 0.15) is 17.0 Å². The van der Waals surface area contributed by atoms with Crippen molar-refractivity contribution in [3.8, 4) is 6.07 Å². The van der Waals surface area contributed by atoms with Gasteiger partial charge in [-0.15, -0.1) is 0 Å². The largest absolute Gasteiger partial charge is 0.383 e. The summed E-state index contributed by atoms with van der Waals surface area (Å²) in [5, 5.41) is 14.5. The molecule has 0 bridgehead atoms. The van der Waals surface area contributed by atoms with Crippen LogP contribution in [0.2, 0.25) is 10.0 Å². The van der Waals surface area contributed by atoms with Crippen molar-refractivity contribution in [3.05, 3.63) is 69.2 Å². The van der Waals surface area contributed by atoms with Crippen LogP contribution in [0.1, 0.15) is 44.2 Å². The topological polar surface area (TPSA) is 98.1 Å². The second-order valence-electron chi connectivity index (χ2n) is 13.7. The number of rotatable bonds is 12. The smallest absolute Gasteiger partial charge is 0.240 e. The maximum Gasteiger partial charge on any atom is 0.240 e. The van der Waals surface area contributed by atoms with Crippen molar-refractivity contribution >= 4 is 35.0 Å². The fraction of sp³-hybridized carbons (Fsp3) is 0.571. The van der Waals surface area contributed by atoms with E-state index in [4.69, 9.17) is 32.7 Å². The number of halogens is 4. The zero-order valence-electron chi connectivity index (χ0n) is 28.2. The van der Waals surface area contributed by atoms with Crippen molar-refractivity contribution < 1.29 is 27.8 Å². The molecule has 2 saturated heterocycles. The summed E-state index contributed by atoms with van der Waals surface area (Å²) < 4.78 is 42.2. The second kappa shape index (κ2) is 16.2. The van der Waals surface area contributed by atoms with Gasteiger partial charge in [-0.3, -0.25) is 14.5 Å². The summed E-state index contributed by atoms with van der Waals surface area (Å²) >= 11 is 12.4. The van der Waals surface area contributed by atoms with Crippen molar-refractivity contribution in [3.63, 3.8) is 0 Å². The van der Waals surface area contributed by atoms with E-state index in [9.17, 15) is 14.9 Å². The molecular formula is C35H45Cl2F2N5O4. The first kappa shape index (κ1) is 38.0. The van der Waals surface area contributed by atoms with Crippen LogP contribution in [0.5, 0.6) is 0 Å². The average Bonchev–Trinajstić information content (AvgIpc) is 3.35. The Labute approximate surface area is 292 Å². The Balaban J connectivity index is 1.67. The van der Waals surface area contributed by atoms with Gasteiger partial charge in [-0.1, -0.05) is 62.2 Å². The number of hydrogen-bond donors (Lipinski definition) is 1. The van der Waals surface area contributed by atoms with E-state index in [1.165, 1.54) is 24.3 Å². The third-order valence-electron chi connectivity index (χ3n) is 9.24. The molecule has 2 aromatic rings. The van der Waals surface area contributed by atoms with E-state index in [0.717, 1.165) is 6.07 Å². The lowest BCUT2D eigenvalue weighted by atomic mass is 9.62. The third-order valence-corrected chi connectivity index (χ3v) is 9.77. The molecular weight excluding hydrogens is 663 g/mol. The van der Waals surface area contributed by atoms with E-state index in [2.05, 4.69) is 11.4 Å². The molecule has 0 aromatic heterocycles. The quantitative estimate of drug-likeness (QED) is 0.337. The summed E-state index contributed by atoms with van der Waals surface area (Å²) in [6, 6.07) is 9.14. The summed E-state index contributed by atoms with van der Waals surface area (Å²) in [4.78, 5) is 33.0. The molecule has 0 spiro atoms. The molecule has 0 saturated carbocycles. The SMILES string of the molecule is COCCN(CCOC)C(=O)CN1CCN(C(=O)C2NC(CC(C)(C)C)C(C#N)(c3ccc(Cl)cc3F)C2c2cccc(Cl)c2F)CC1. The molecule has 1 N–H and O–H groups in total. The number of carbonyl (C=O) groups excluding carboxylic acids is 2. The highest BCUT2D eigenvalue weighted by Crippen LogP contribution is 2.53. The van der Waals surface area contributed by atoms with Crippen molar-refractivity contribution in [2.75, 3.05) is 73.2 Å². The number of piperazine rings is 1. The predicted molar refractivity (Wildman–Crippen MR) is 181 cm³/mol. The summed E-state index contributed by atoms with van der Waals surface area (Å²) in [5.41, 5.74) is -1.96. The molecule has 2 fully saturated rings. The minimum atomic E-state index is -1.70. The fourth-order valence-corrected chi connectivity index (χ4v) is 7.26. The Morgan fingerprint density at radius 3 is 2.27 bits per heavy atom. The van der Waals surface area contributed by atoms with Crippen molar-refractivity contribution in [2.24, 2.45) is 5.41 Å². The van der Waals surface area contributed by atoms with Crippen LogP contribution in [-0.4, -0.2) is 112 Å². The van der Waals surface area contributed by atoms with Gasteiger partial charge in [0.2, 0.25) is 11.8 Å². The van der Waals surface area contributed by atoms with Gasteiger partial charge in [0.05, 0.1) is 36.9 Å². The highest BCUT2D eigenvalue weighted by atomic mass is 35.5. The first-order valence-corrected chi connectivity index (χ1v) is 16.9. The Bertz CT molecular complexity index is 1490. The zero-order valence-corrected chi connectivity index (χ0v) is 29.7. The standard InChI is InChI=1S/C35H45Cl2F2N5O4/c1-34(2,3)20-28-35(22-40,25-10-9-23(36)19-27(25)38)30(24-7-6-8-26(37)31(24)39)32(41-28)33(46)44-13-11-42(12-14-44)21-29(45)43(15-17-47-4)16-18-48-5/h6-10,19,28,30,32,41H,11-18,20-21H2,1-5H3. The minimum absolute atomic E-state index is 0.0330. The molecule has 13 heteroatoms. The van der Waals surface area contributed by atoms with Crippen LogP contribution in [0, 0.1) is 28.4 Å². The van der Waals surface area contributed by atoms with Crippen LogP contribution in [0.15, 0.2) is 36.4 Å². The molecule has 2 aromatic carbocycles. The van der Waals surface area contributed by atoms with Crippen molar-refractivity contribution in [1.29, 1.82) is 5.26 Å². The molecule has 262 valence electrons. The molecule has 9 nitrogen and oxygen atoms in total. The molecule has 2 heterocycles. The lowest BCUT2D eigenvalue weighted by Gasteiger charge is -2.39. The molecule has 4 unspecified atom stereocenters. The first-order chi connectivity index (χ1) is 22.8. The molecule has 2 amide bonds. The molecule has 0 aliphatic carbocycles. The fourth-order valence-electron chi connectivity index (χ4n) is 6.92. The van der Waals surface area contributed by atoms with Crippen LogP contribution in [0.4, 0.5) is 8.78 Å². The van der Waals surface area contributed by atoms with Crippen LogP contribution in [0.3, 0.4) is 0 Å². The van der Waals surface area contributed by atoms with E-state index in [1.807, 2.05) is 25.7 Å². The lowest BCUT2D eigenvalue weighted by molar-refractivity contribution is -0.137. The van der Waals surface area contributed by atoms with Gasteiger partial charge in [-0.05, 0) is 35.6 Å². The van der Waals surface area contributed by atoms with E-state index in [1.54, 1.807) is 30.1 Å². The van der Waals surface area contributed by atoms with Gasteiger partial charge < -0.3 is 24.6 Å². The van der Waals surface area contributed by atoms with Crippen LogP contribution in [0.25, 0.3) is 0 Å². The summed E-state index contributed by atoms with van der Waals surface area (Å²) in [5.74, 6) is -3.01. The highest BCUT2D eigenvalue weighted by Gasteiger charge is 2.61.